The zero-order valence-electron chi connectivity index (χ0n) is 20.6. The van der Waals surface area contributed by atoms with Crippen molar-refractivity contribution < 1.29 is 4.79 Å². The quantitative estimate of drug-likeness (QED) is 0.165. The van der Waals surface area contributed by atoms with Gasteiger partial charge in [-0.05, 0) is 79.8 Å². The van der Waals surface area contributed by atoms with Crippen molar-refractivity contribution in [3.8, 4) is 5.69 Å². The molecule has 36 heavy (non-hydrogen) atoms. The van der Waals surface area contributed by atoms with E-state index < -0.39 is 0 Å². The maximum Gasteiger partial charge on any atom is 0.267 e. The summed E-state index contributed by atoms with van der Waals surface area (Å²) < 4.78 is 2.58. The van der Waals surface area contributed by atoms with Crippen molar-refractivity contribution in [3.05, 3.63) is 77.8 Å². The van der Waals surface area contributed by atoms with Crippen molar-refractivity contribution in [2.45, 2.75) is 52.1 Å². The molecule has 0 saturated heterocycles. The van der Waals surface area contributed by atoms with Crippen molar-refractivity contribution in [3.63, 3.8) is 0 Å². The molecule has 0 aliphatic rings. The third kappa shape index (κ3) is 5.57. The summed E-state index contributed by atoms with van der Waals surface area (Å²) in [7, 11) is 0. The van der Waals surface area contributed by atoms with Gasteiger partial charge in [0.25, 0.3) is 5.56 Å². The molecule has 2 aromatic heterocycles. The first-order valence-electron chi connectivity index (χ1n) is 11.8. The number of halogens is 2. The first-order chi connectivity index (χ1) is 17.2. The van der Waals surface area contributed by atoms with Gasteiger partial charge in [-0.2, -0.15) is 0 Å². The molecule has 0 atom stereocenters. The summed E-state index contributed by atoms with van der Waals surface area (Å²) in [4.78, 5) is 33.5. The topological polar surface area (TPSA) is 64.0 Å². The van der Waals surface area contributed by atoms with Gasteiger partial charge in [0.2, 0.25) is 5.91 Å². The predicted molar refractivity (Wildman–Crippen MR) is 157 cm³/mol. The fourth-order valence-electron chi connectivity index (χ4n) is 4.17. The molecule has 0 saturated carbocycles. The molecule has 0 aliphatic heterocycles. The van der Waals surface area contributed by atoms with Crippen molar-refractivity contribution in [1.82, 2.24) is 9.55 Å². The Hall–Kier alpha value is -2.13. The van der Waals surface area contributed by atoms with Gasteiger partial charge in [-0.1, -0.05) is 59.6 Å². The lowest BCUT2D eigenvalue weighted by Gasteiger charge is -2.15. The van der Waals surface area contributed by atoms with Crippen LogP contribution in [-0.4, -0.2) is 21.2 Å². The second-order valence-electron chi connectivity index (χ2n) is 8.54. The zero-order chi connectivity index (χ0) is 26.0. The highest BCUT2D eigenvalue weighted by Crippen LogP contribution is 2.32. The van der Waals surface area contributed by atoms with E-state index in [9.17, 15) is 9.59 Å². The van der Waals surface area contributed by atoms with Gasteiger partial charge >= 0.3 is 0 Å². The van der Waals surface area contributed by atoms with Gasteiger partial charge in [0, 0.05) is 20.1 Å². The largest absolute Gasteiger partial charge is 0.325 e. The number of aromatic nitrogens is 2. The highest BCUT2D eigenvalue weighted by atomic mass is 79.9. The molecule has 1 amide bonds. The molecule has 2 aromatic carbocycles. The van der Waals surface area contributed by atoms with E-state index in [-0.39, 0.29) is 17.2 Å². The van der Waals surface area contributed by atoms with Crippen LogP contribution in [0, 0.1) is 13.8 Å². The van der Waals surface area contributed by atoms with E-state index in [1.54, 1.807) is 40.2 Å². The molecule has 4 rings (SSSR count). The Kier molecular flexibility index (Phi) is 8.60. The number of rotatable bonds is 8. The second-order valence-corrected chi connectivity index (χ2v) is 11.9. The van der Waals surface area contributed by atoms with Crippen LogP contribution in [0.25, 0.3) is 15.9 Å². The van der Waals surface area contributed by atoms with Gasteiger partial charge in [-0.15, -0.1) is 11.3 Å². The van der Waals surface area contributed by atoms with Crippen LogP contribution >= 0.6 is 50.6 Å². The molecule has 2 heterocycles. The molecule has 188 valence electrons. The molecule has 0 aliphatic carbocycles. The summed E-state index contributed by atoms with van der Waals surface area (Å²) in [6.07, 6.45) is 2.70. The number of aryl methyl sites for hydroxylation is 4. The number of thiophene rings is 1. The van der Waals surface area contributed by atoms with Gasteiger partial charge in [0.1, 0.15) is 4.83 Å². The van der Waals surface area contributed by atoms with Crippen LogP contribution in [0.15, 0.2) is 50.8 Å². The first-order valence-corrected chi connectivity index (χ1v) is 14.7. The van der Waals surface area contributed by atoms with Crippen LogP contribution in [0.5, 0.6) is 0 Å². The normalized spacial score (nSPS) is 11.3. The van der Waals surface area contributed by atoms with Crippen molar-refractivity contribution in [2.24, 2.45) is 0 Å². The van der Waals surface area contributed by atoms with Crippen LogP contribution < -0.4 is 10.9 Å². The third-order valence-corrected chi connectivity index (χ3v) is 8.85. The molecule has 0 fully saturated rings. The Bertz CT molecular complexity index is 1500. The van der Waals surface area contributed by atoms with Crippen LogP contribution in [-0.2, 0) is 17.6 Å². The average Bonchev–Trinajstić information content (AvgIpc) is 3.15. The summed E-state index contributed by atoms with van der Waals surface area (Å²) in [5.74, 6) is -0.0257. The molecule has 4 aromatic rings. The summed E-state index contributed by atoms with van der Waals surface area (Å²) >= 11 is 12.5. The standard InChI is InChI=1S/C27H27BrClN3O2S2/c1-5-7-21-16(4)23-25(36-21)31-27(32(26(23)34)20-10-8-19(29)9-11-20)35-14-22(33)30-24-15(3)12-18(28)13-17(24)6-2/h8-13H,5-7,14H2,1-4H3,(H,30,33). The van der Waals surface area contributed by atoms with Gasteiger partial charge in [0.15, 0.2) is 5.16 Å². The average molecular weight is 605 g/mol. The monoisotopic (exact) mass is 603 g/mol. The number of carbonyl (C=O) groups excluding carboxylic acids is 1. The summed E-state index contributed by atoms with van der Waals surface area (Å²) in [5, 5.41) is 4.78. The minimum atomic E-state index is -0.147. The Labute approximate surface area is 232 Å². The Morgan fingerprint density at radius 1 is 1.19 bits per heavy atom. The van der Waals surface area contributed by atoms with Gasteiger partial charge < -0.3 is 5.32 Å². The molecule has 1 N–H and O–H groups in total. The lowest BCUT2D eigenvalue weighted by Crippen LogP contribution is -2.23. The Morgan fingerprint density at radius 2 is 1.92 bits per heavy atom. The van der Waals surface area contributed by atoms with E-state index in [0.29, 0.717) is 26.1 Å². The minimum absolute atomic E-state index is 0.121. The Morgan fingerprint density at radius 3 is 2.58 bits per heavy atom. The smallest absolute Gasteiger partial charge is 0.267 e. The number of amides is 1. The summed E-state index contributed by atoms with van der Waals surface area (Å²) in [6, 6.07) is 11.1. The molecule has 0 radical (unpaired) electrons. The number of fused-ring (bicyclic) bond motifs is 1. The summed E-state index contributed by atoms with van der Waals surface area (Å²) in [5.41, 5.74) is 4.43. The molecule has 0 bridgehead atoms. The van der Waals surface area contributed by atoms with E-state index >= 15 is 0 Å². The van der Waals surface area contributed by atoms with E-state index in [2.05, 4.69) is 35.1 Å². The SMILES string of the molecule is CCCc1sc2nc(SCC(=O)Nc3c(C)cc(Br)cc3CC)n(-c3ccc(Cl)cc3)c(=O)c2c1C. The lowest BCUT2D eigenvalue weighted by atomic mass is 10.1. The van der Waals surface area contributed by atoms with Gasteiger partial charge in [-0.3, -0.25) is 14.2 Å². The molecular weight excluding hydrogens is 578 g/mol. The van der Waals surface area contributed by atoms with Crippen LogP contribution in [0.2, 0.25) is 5.02 Å². The van der Waals surface area contributed by atoms with Crippen LogP contribution in [0.3, 0.4) is 0 Å². The molecule has 0 spiro atoms. The Balaban J connectivity index is 1.71. The second kappa shape index (κ2) is 11.5. The number of benzene rings is 2. The maximum absolute atomic E-state index is 13.7. The fraction of sp³-hybridized carbons (Fsp3) is 0.296. The first kappa shape index (κ1) is 26.9. The van der Waals surface area contributed by atoms with Crippen LogP contribution in [0.4, 0.5) is 5.69 Å². The number of nitrogens with one attached hydrogen (secondary N) is 1. The number of hydrogen-bond acceptors (Lipinski definition) is 5. The number of hydrogen-bond donors (Lipinski definition) is 1. The van der Waals surface area contributed by atoms with Crippen molar-refractivity contribution in [1.29, 1.82) is 0 Å². The number of thioether (sulfide) groups is 1. The molecule has 0 unspecified atom stereocenters. The number of anilines is 1. The summed E-state index contributed by atoms with van der Waals surface area (Å²) in [6.45, 7) is 8.16. The lowest BCUT2D eigenvalue weighted by molar-refractivity contribution is -0.113. The van der Waals surface area contributed by atoms with Crippen LogP contribution in [0.1, 0.15) is 41.8 Å². The molecule has 5 nitrogen and oxygen atoms in total. The van der Waals surface area contributed by atoms with Crippen molar-refractivity contribution >= 4 is 72.4 Å². The fourth-order valence-corrected chi connectivity index (χ4v) is 7.04. The van der Waals surface area contributed by atoms with E-state index in [4.69, 9.17) is 16.6 Å². The van der Waals surface area contributed by atoms with E-state index in [1.165, 1.54) is 16.6 Å². The molecular formula is C27H27BrClN3O2S2. The maximum atomic E-state index is 13.7. The minimum Gasteiger partial charge on any atom is -0.325 e. The van der Waals surface area contributed by atoms with E-state index in [1.807, 2.05) is 26.0 Å². The van der Waals surface area contributed by atoms with E-state index in [0.717, 1.165) is 46.1 Å². The van der Waals surface area contributed by atoms with Gasteiger partial charge in [-0.25, -0.2) is 4.98 Å². The highest BCUT2D eigenvalue weighted by Gasteiger charge is 2.20. The highest BCUT2D eigenvalue weighted by molar-refractivity contribution is 9.10. The number of carbonyl (C=O) groups is 1. The predicted octanol–water partition coefficient (Wildman–Crippen LogP) is 7.73. The third-order valence-electron chi connectivity index (χ3n) is 5.95. The van der Waals surface area contributed by atoms with Gasteiger partial charge in [0.05, 0.1) is 16.8 Å². The number of nitrogens with zero attached hydrogens (tertiary/aromatic N) is 2. The zero-order valence-corrected chi connectivity index (χ0v) is 24.6. The molecule has 9 heteroatoms. The van der Waals surface area contributed by atoms with Crippen molar-refractivity contribution in [2.75, 3.05) is 11.1 Å².